The van der Waals surface area contributed by atoms with Gasteiger partial charge in [0.15, 0.2) is 0 Å². The van der Waals surface area contributed by atoms with E-state index < -0.39 is 0 Å². The molecule has 0 unspecified atom stereocenters. The Labute approximate surface area is 123 Å². The lowest BCUT2D eigenvalue weighted by Gasteiger charge is -2.38. The lowest BCUT2D eigenvalue weighted by Crippen LogP contribution is -2.43. The normalized spacial score (nSPS) is 17.4. The van der Waals surface area contributed by atoms with E-state index in [1.165, 1.54) is 43.7 Å². The van der Waals surface area contributed by atoms with Gasteiger partial charge in [0.25, 0.3) is 0 Å². The van der Waals surface area contributed by atoms with Gasteiger partial charge >= 0.3 is 0 Å². The van der Waals surface area contributed by atoms with Crippen LogP contribution in [0.25, 0.3) is 0 Å². The summed E-state index contributed by atoms with van der Waals surface area (Å²) in [6.07, 6.45) is 4.52. The Morgan fingerprint density at radius 2 is 2.10 bits per heavy atom. The van der Waals surface area contributed by atoms with Gasteiger partial charge in [-0.1, -0.05) is 6.92 Å². The monoisotopic (exact) mass is 276 g/mol. The van der Waals surface area contributed by atoms with E-state index in [0.29, 0.717) is 6.04 Å². The average Bonchev–Trinajstić information content (AvgIpc) is 2.48. The van der Waals surface area contributed by atoms with Crippen LogP contribution < -0.4 is 10.2 Å². The summed E-state index contributed by atoms with van der Waals surface area (Å²) >= 11 is 0. The highest BCUT2D eigenvalue weighted by molar-refractivity contribution is 5.54. The third-order valence-electron chi connectivity index (χ3n) is 4.40. The molecule has 4 nitrogen and oxygen atoms in total. The summed E-state index contributed by atoms with van der Waals surface area (Å²) < 4.78 is 0. The fraction of sp³-hybridized carbons (Fsp3) is 0.688. The van der Waals surface area contributed by atoms with E-state index >= 15 is 0 Å². The maximum atomic E-state index is 4.44. The Kier molecular flexibility index (Phi) is 5.38. The number of anilines is 1. The molecular formula is C16H28N4. The van der Waals surface area contributed by atoms with Crippen LogP contribution in [0.15, 0.2) is 12.3 Å². The lowest BCUT2D eigenvalue weighted by molar-refractivity contribution is 0.220. The summed E-state index contributed by atoms with van der Waals surface area (Å²) in [6.45, 7) is 8.81. The summed E-state index contributed by atoms with van der Waals surface area (Å²) in [5, 5.41) is 3.24. The molecule has 1 aromatic heterocycles. The number of rotatable bonds is 5. The number of nitrogens with zero attached hydrogens (tertiary/aromatic N) is 3. The van der Waals surface area contributed by atoms with Crippen LogP contribution in [0.5, 0.6) is 0 Å². The molecule has 4 heteroatoms. The maximum absolute atomic E-state index is 4.44. The fourth-order valence-electron chi connectivity index (χ4n) is 3.05. The van der Waals surface area contributed by atoms with Crippen molar-refractivity contribution in [3.05, 3.63) is 23.5 Å². The molecule has 112 valence electrons. The molecule has 1 aliphatic heterocycles. The van der Waals surface area contributed by atoms with Gasteiger partial charge < -0.3 is 15.1 Å². The molecule has 0 aliphatic carbocycles. The number of hydrogen-bond donors (Lipinski definition) is 1. The number of aromatic nitrogens is 1. The first-order valence-electron chi connectivity index (χ1n) is 7.71. The van der Waals surface area contributed by atoms with Gasteiger partial charge in [0.05, 0.1) is 0 Å². The van der Waals surface area contributed by atoms with Crippen LogP contribution in [-0.4, -0.2) is 49.7 Å². The second-order valence-electron chi connectivity index (χ2n) is 5.76. The van der Waals surface area contributed by atoms with E-state index in [0.717, 1.165) is 12.2 Å². The van der Waals surface area contributed by atoms with Gasteiger partial charge in [-0.3, -0.25) is 4.98 Å². The average molecular weight is 276 g/mol. The van der Waals surface area contributed by atoms with Gasteiger partial charge in [-0.15, -0.1) is 0 Å². The third-order valence-corrected chi connectivity index (χ3v) is 4.40. The molecule has 0 aromatic carbocycles. The van der Waals surface area contributed by atoms with Gasteiger partial charge in [-0.2, -0.15) is 0 Å². The zero-order valence-corrected chi connectivity index (χ0v) is 13.3. The second kappa shape index (κ2) is 7.04. The Morgan fingerprint density at radius 3 is 2.70 bits per heavy atom. The van der Waals surface area contributed by atoms with Crippen molar-refractivity contribution in [2.24, 2.45) is 0 Å². The molecule has 0 spiro atoms. The molecule has 1 fully saturated rings. The molecule has 2 heterocycles. The number of aryl methyl sites for hydroxylation is 1. The quantitative estimate of drug-likeness (QED) is 0.891. The highest BCUT2D eigenvalue weighted by Gasteiger charge is 2.23. The zero-order valence-electron chi connectivity index (χ0n) is 13.3. The van der Waals surface area contributed by atoms with Gasteiger partial charge in [-0.25, -0.2) is 0 Å². The molecule has 1 N–H and O–H groups in total. The van der Waals surface area contributed by atoms with Crippen molar-refractivity contribution in [3.8, 4) is 0 Å². The minimum absolute atomic E-state index is 0.648. The zero-order chi connectivity index (χ0) is 14.5. The number of nitrogens with one attached hydrogen (secondary N) is 1. The summed E-state index contributed by atoms with van der Waals surface area (Å²) in [6, 6.07) is 2.87. The Morgan fingerprint density at radius 1 is 1.40 bits per heavy atom. The van der Waals surface area contributed by atoms with Gasteiger partial charge in [-0.05, 0) is 39.4 Å². The number of hydrogen-bond acceptors (Lipinski definition) is 4. The van der Waals surface area contributed by atoms with Crippen molar-refractivity contribution in [1.82, 2.24) is 15.2 Å². The molecular weight excluding hydrogens is 248 g/mol. The maximum Gasteiger partial charge on any atom is 0.0445 e. The Bertz CT molecular complexity index is 424. The van der Waals surface area contributed by atoms with Gasteiger partial charge in [0.2, 0.25) is 0 Å². The van der Waals surface area contributed by atoms with Crippen molar-refractivity contribution >= 4 is 5.69 Å². The molecule has 0 bridgehead atoms. The van der Waals surface area contributed by atoms with Crippen LogP contribution in [-0.2, 0) is 6.54 Å². The van der Waals surface area contributed by atoms with Crippen LogP contribution in [0.3, 0.4) is 0 Å². The first-order valence-corrected chi connectivity index (χ1v) is 7.71. The number of pyridine rings is 1. The highest BCUT2D eigenvalue weighted by Crippen LogP contribution is 2.25. The second-order valence-corrected chi connectivity index (χ2v) is 5.76. The number of likely N-dealkylation sites (tertiary alicyclic amines) is 1. The first-order chi connectivity index (χ1) is 9.65. The standard InChI is InChI=1S/C16H28N4/c1-5-20-8-6-15(7-9-20)19(4)16-10-13(2)18-12-14(16)11-17-3/h10,12,15,17H,5-9,11H2,1-4H3. The van der Waals surface area contributed by atoms with Crippen molar-refractivity contribution in [1.29, 1.82) is 0 Å². The molecule has 0 atom stereocenters. The fourth-order valence-corrected chi connectivity index (χ4v) is 3.05. The topological polar surface area (TPSA) is 31.4 Å². The van der Waals surface area contributed by atoms with Gasteiger partial charge in [0.1, 0.15) is 0 Å². The molecule has 1 saturated heterocycles. The van der Waals surface area contributed by atoms with E-state index in [4.69, 9.17) is 0 Å². The predicted molar refractivity (Wildman–Crippen MR) is 85.3 cm³/mol. The van der Waals surface area contributed by atoms with E-state index in [1.54, 1.807) is 0 Å². The third kappa shape index (κ3) is 3.49. The lowest BCUT2D eigenvalue weighted by atomic mass is 10.0. The van der Waals surface area contributed by atoms with Crippen LogP contribution in [0, 0.1) is 6.92 Å². The summed E-state index contributed by atoms with van der Waals surface area (Å²) in [5.74, 6) is 0. The highest BCUT2D eigenvalue weighted by atomic mass is 15.2. The van der Waals surface area contributed by atoms with Crippen LogP contribution in [0.4, 0.5) is 5.69 Å². The Balaban J connectivity index is 2.12. The largest absolute Gasteiger partial charge is 0.371 e. The van der Waals surface area contributed by atoms with E-state index in [2.05, 4.69) is 47.1 Å². The number of piperidine rings is 1. The smallest absolute Gasteiger partial charge is 0.0445 e. The predicted octanol–water partition coefficient (Wildman–Crippen LogP) is 2.03. The van der Waals surface area contributed by atoms with E-state index in [1.807, 2.05) is 13.2 Å². The molecule has 1 aliphatic rings. The van der Waals surface area contributed by atoms with Crippen molar-refractivity contribution in [2.45, 2.75) is 39.3 Å². The van der Waals surface area contributed by atoms with Crippen LogP contribution in [0.1, 0.15) is 31.0 Å². The van der Waals surface area contributed by atoms with Crippen LogP contribution >= 0.6 is 0 Å². The minimum Gasteiger partial charge on any atom is -0.371 e. The minimum atomic E-state index is 0.648. The Hall–Kier alpha value is -1.13. The molecule has 0 saturated carbocycles. The van der Waals surface area contributed by atoms with E-state index in [9.17, 15) is 0 Å². The molecule has 2 rings (SSSR count). The molecule has 0 radical (unpaired) electrons. The SMILES string of the molecule is CCN1CCC(N(C)c2cc(C)ncc2CNC)CC1. The van der Waals surface area contributed by atoms with Crippen molar-refractivity contribution < 1.29 is 0 Å². The van der Waals surface area contributed by atoms with Crippen molar-refractivity contribution in [2.75, 3.05) is 38.6 Å². The van der Waals surface area contributed by atoms with E-state index in [-0.39, 0.29) is 0 Å². The summed E-state index contributed by atoms with van der Waals surface area (Å²) in [5.41, 5.74) is 3.72. The first kappa shape index (κ1) is 15.3. The van der Waals surface area contributed by atoms with Crippen LogP contribution in [0.2, 0.25) is 0 Å². The van der Waals surface area contributed by atoms with Gasteiger partial charge in [0, 0.05) is 55.9 Å². The molecule has 1 aromatic rings. The summed E-state index contributed by atoms with van der Waals surface area (Å²) in [7, 11) is 4.23. The van der Waals surface area contributed by atoms with Crippen molar-refractivity contribution in [3.63, 3.8) is 0 Å². The summed E-state index contributed by atoms with van der Waals surface area (Å²) in [4.78, 5) is 9.44. The molecule has 20 heavy (non-hydrogen) atoms. The molecule has 0 amide bonds.